The standard InChI is InChI=1S/C19H16FN5O4/c1-2-19(9-28-17(27)11-6-4-3-5-7-11)12(26)8-13(29-19)25-10-22-14-15(21)23-18(20)24-16(14)25/h1,3-7,10,12-13,26H,8-9H2,(H2,21,23,24)/t12-,13+,19+/m0/s1. The molecule has 9 nitrogen and oxygen atoms in total. The lowest BCUT2D eigenvalue weighted by Gasteiger charge is -2.26. The Balaban J connectivity index is 1.57. The fourth-order valence-electron chi connectivity index (χ4n) is 3.18. The van der Waals surface area contributed by atoms with Gasteiger partial charge >= 0.3 is 12.0 Å². The summed E-state index contributed by atoms with van der Waals surface area (Å²) in [6.45, 7) is -0.368. The number of carbonyl (C=O) groups is 1. The third-order valence-corrected chi connectivity index (χ3v) is 4.71. The van der Waals surface area contributed by atoms with Crippen LogP contribution in [0.4, 0.5) is 10.2 Å². The number of hydrogen-bond acceptors (Lipinski definition) is 8. The molecule has 0 radical (unpaired) electrons. The molecule has 0 unspecified atom stereocenters. The third kappa shape index (κ3) is 3.26. The quantitative estimate of drug-likeness (QED) is 0.380. The Morgan fingerprint density at radius 1 is 1.45 bits per heavy atom. The molecule has 4 rings (SSSR count). The second-order valence-corrected chi connectivity index (χ2v) is 6.50. The zero-order valence-corrected chi connectivity index (χ0v) is 15.0. The van der Waals surface area contributed by atoms with Gasteiger partial charge in [-0.1, -0.05) is 24.1 Å². The first-order valence-corrected chi connectivity index (χ1v) is 8.65. The molecular formula is C19H16FN5O4. The minimum atomic E-state index is -1.58. The van der Waals surface area contributed by atoms with Crippen molar-refractivity contribution in [3.05, 3.63) is 48.3 Å². The number of nitrogens with zero attached hydrogens (tertiary/aromatic N) is 4. The number of rotatable bonds is 4. The maximum atomic E-state index is 13.6. The van der Waals surface area contributed by atoms with Crippen LogP contribution >= 0.6 is 0 Å². The SMILES string of the molecule is C#C[C@]1(COC(=O)c2ccccc2)O[C@@H](n2cnc3c(N)nc(F)nc32)C[C@@H]1O. The van der Waals surface area contributed by atoms with Gasteiger partial charge in [0.05, 0.1) is 11.9 Å². The van der Waals surface area contributed by atoms with Gasteiger partial charge in [0.25, 0.3) is 0 Å². The molecule has 0 spiro atoms. The van der Waals surface area contributed by atoms with Crippen molar-refractivity contribution in [3.63, 3.8) is 0 Å². The lowest BCUT2D eigenvalue weighted by molar-refractivity contribution is -0.0933. The third-order valence-electron chi connectivity index (χ3n) is 4.71. The Bertz CT molecular complexity index is 1110. The van der Waals surface area contributed by atoms with Gasteiger partial charge in [0.1, 0.15) is 18.9 Å². The molecule has 0 saturated carbocycles. The molecule has 0 bridgehead atoms. The first kappa shape index (κ1) is 18.8. The number of imidazole rings is 1. The van der Waals surface area contributed by atoms with Gasteiger partial charge in [-0.05, 0) is 12.1 Å². The molecule has 3 N–H and O–H groups in total. The molecule has 3 heterocycles. The van der Waals surface area contributed by atoms with E-state index in [-0.39, 0.29) is 30.0 Å². The summed E-state index contributed by atoms with van der Waals surface area (Å²) in [5, 5.41) is 10.5. The second kappa shape index (κ2) is 7.12. The number of fused-ring (bicyclic) bond motifs is 1. The van der Waals surface area contributed by atoms with E-state index in [1.54, 1.807) is 30.3 Å². The Kier molecular flexibility index (Phi) is 4.62. The molecule has 1 aliphatic rings. The Morgan fingerprint density at radius 2 is 2.21 bits per heavy atom. The highest BCUT2D eigenvalue weighted by Gasteiger charge is 2.49. The van der Waals surface area contributed by atoms with Gasteiger partial charge in [-0.15, -0.1) is 6.42 Å². The summed E-state index contributed by atoms with van der Waals surface area (Å²) in [5.41, 5.74) is 4.72. The molecule has 148 valence electrons. The normalized spacial score (nSPS) is 23.8. The first-order chi connectivity index (χ1) is 13.9. The van der Waals surface area contributed by atoms with Crippen molar-refractivity contribution in [2.75, 3.05) is 12.3 Å². The predicted molar refractivity (Wildman–Crippen MR) is 98.7 cm³/mol. The maximum absolute atomic E-state index is 13.6. The largest absolute Gasteiger partial charge is 0.458 e. The van der Waals surface area contributed by atoms with E-state index in [0.29, 0.717) is 5.56 Å². The topological polar surface area (TPSA) is 125 Å². The van der Waals surface area contributed by atoms with Crippen molar-refractivity contribution in [2.24, 2.45) is 0 Å². The van der Waals surface area contributed by atoms with Crippen LogP contribution in [0.3, 0.4) is 0 Å². The van der Waals surface area contributed by atoms with Gasteiger partial charge in [0.15, 0.2) is 22.6 Å². The lowest BCUT2D eigenvalue weighted by Crippen LogP contribution is -2.43. The van der Waals surface area contributed by atoms with Crippen molar-refractivity contribution in [3.8, 4) is 12.3 Å². The van der Waals surface area contributed by atoms with Crippen LogP contribution in [0.15, 0.2) is 36.7 Å². The summed E-state index contributed by atoms with van der Waals surface area (Å²) in [6.07, 6.45) is 4.00. The Labute approximate surface area is 164 Å². The molecule has 0 amide bonds. The molecule has 1 aromatic carbocycles. The van der Waals surface area contributed by atoms with Crippen molar-refractivity contribution < 1.29 is 23.8 Å². The number of halogens is 1. The number of hydrogen-bond donors (Lipinski definition) is 2. The van der Waals surface area contributed by atoms with Gasteiger partial charge in [-0.3, -0.25) is 4.57 Å². The van der Waals surface area contributed by atoms with Gasteiger partial charge in [-0.25, -0.2) is 9.78 Å². The smallest absolute Gasteiger partial charge is 0.338 e. The van der Waals surface area contributed by atoms with E-state index in [1.807, 2.05) is 0 Å². The van der Waals surface area contributed by atoms with Crippen LogP contribution in [0.5, 0.6) is 0 Å². The van der Waals surface area contributed by atoms with Gasteiger partial charge in [0.2, 0.25) is 0 Å². The number of ether oxygens (including phenoxy) is 2. The first-order valence-electron chi connectivity index (χ1n) is 8.65. The molecule has 29 heavy (non-hydrogen) atoms. The molecule has 1 fully saturated rings. The minimum Gasteiger partial charge on any atom is -0.458 e. The van der Waals surface area contributed by atoms with Crippen molar-refractivity contribution in [1.29, 1.82) is 0 Å². The van der Waals surface area contributed by atoms with Crippen molar-refractivity contribution >= 4 is 23.0 Å². The Hall–Kier alpha value is -3.55. The van der Waals surface area contributed by atoms with Gasteiger partial charge in [-0.2, -0.15) is 14.4 Å². The van der Waals surface area contributed by atoms with E-state index < -0.39 is 30.0 Å². The highest BCUT2D eigenvalue weighted by Crippen LogP contribution is 2.38. The number of aromatic nitrogens is 4. The van der Waals surface area contributed by atoms with Crippen LogP contribution < -0.4 is 5.73 Å². The lowest BCUT2D eigenvalue weighted by atomic mass is 9.99. The number of nitrogen functional groups attached to an aromatic ring is 1. The van der Waals surface area contributed by atoms with E-state index in [0.717, 1.165) is 0 Å². The summed E-state index contributed by atoms with van der Waals surface area (Å²) >= 11 is 0. The number of anilines is 1. The van der Waals surface area contributed by atoms with Crippen LogP contribution in [0.2, 0.25) is 0 Å². The summed E-state index contributed by atoms with van der Waals surface area (Å²) in [6, 6.07) is 8.34. The van der Waals surface area contributed by atoms with Crippen LogP contribution in [0.25, 0.3) is 11.2 Å². The van der Waals surface area contributed by atoms with Crippen LogP contribution in [-0.4, -0.2) is 48.9 Å². The molecule has 1 saturated heterocycles. The fraction of sp³-hybridized carbons (Fsp3) is 0.263. The number of benzene rings is 1. The Morgan fingerprint density at radius 3 is 2.93 bits per heavy atom. The highest BCUT2D eigenvalue weighted by molar-refractivity contribution is 5.89. The van der Waals surface area contributed by atoms with E-state index in [9.17, 15) is 14.3 Å². The maximum Gasteiger partial charge on any atom is 0.338 e. The number of aliphatic hydroxyl groups excluding tert-OH is 1. The summed E-state index contributed by atoms with van der Waals surface area (Å²) < 4.78 is 26.1. The molecule has 3 atom stereocenters. The molecule has 0 aliphatic carbocycles. The minimum absolute atomic E-state index is 0.0457. The summed E-state index contributed by atoms with van der Waals surface area (Å²) in [5.74, 6) is 1.66. The molecule has 1 aliphatic heterocycles. The molecule has 10 heteroatoms. The average Bonchev–Trinajstić information content (AvgIpc) is 3.28. The van der Waals surface area contributed by atoms with E-state index >= 15 is 0 Å². The van der Waals surface area contributed by atoms with E-state index in [4.69, 9.17) is 21.6 Å². The predicted octanol–water partition coefficient (Wildman–Crippen LogP) is 1.06. The van der Waals surface area contributed by atoms with Crippen LogP contribution in [-0.2, 0) is 9.47 Å². The number of terminal acetylenes is 1. The number of esters is 1. The zero-order chi connectivity index (χ0) is 20.6. The zero-order valence-electron chi connectivity index (χ0n) is 15.0. The molecular weight excluding hydrogens is 381 g/mol. The number of nitrogens with two attached hydrogens (primary N) is 1. The summed E-state index contributed by atoms with van der Waals surface area (Å²) in [7, 11) is 0. The fourth-order valence-corrected chi connectivity index (χ4v) is 3.18. The number of aliphatic hydroxyl groups is 1. The van der Waals surface area contributed by atoms with Crippen molar-refractivity contribution in [1.82, 2.24) is 19.5 Å². The van der Waals surface area contributed by atoms with Gasteiger partial charge in [0, 0.05) is 6.42 Å². The van der Waals surface area contributed by atoms with Crippen molar-refractivity contribution in [2.45, 2.75) is 24.4 Å². The van der Waals surface area contributed by atoms with Gasteiger partial charge < -0.3 is 20.3 Å². The molecule has 3 aromatic rings. The second-order valence-electron chi connectivity index (χ2n) is 6.50. The summed E-state index contributed by atoms with van der Waals surface area (Å²) in [4.78, 5) is 23.4. The highest BCUT2D eigenvalue weighted by atomic mass is 19.1. The van der Waals surface area contributed by atoms with E-state index in [2.05, 4.69) is 20.9 Å². The van der Waals surface area contributed by atoms with Crippen LogP contribution in [0.1, 0.15) is 23.0 Å². The van der Waals surface area contributed by atoms with E-state index in [1.165, 1.54) is 10.9 Å². The van der Waals surface area contributed by atoms with Crippen LogP contribution in [0, 0.1) is 18.4 Å². The average molecular weight is 397 g/mol. The monoisotopic (exact) mass is 397 g/mol. The number of carbonyl (C=O) groups excluding carboxylic acids is 1. The molecule has 2 aromatic heterocycles.